The molecule has 2 heterocycles. The number of alkyl halides is 3. The van der Waals surface area contributed by atoms with Crippen LogP contribution < -0.4 is 10.8 Å². The predicted molar refractivity (Wildman–Crippen MR) is 106 cm³/mol. The monoisotopic (exact) mass is 457 g/mol. The third kappa shape index (κ3) is 6.36. The summed E-state index contributed by atoms with van der Waals surface area (Å²) in [7, 11) is 0. The van der Waals surface area contributed by atoms with E-state index in [-0.39, 0.29) is 12.2 Å². The Morgan fingerprint density at radius 1 is 1.16 bits per heavy atom. The van der Waals surface area contributed by atoms with Crippen molar-refractivity contribution in [2.75, 3.05) is 13.1 Å². The number of benzene rings is 1. The molecule has 2 aliphatic rings. The maximum Gasteiger partial charge on any atom is 0.528 e. The number of amides is 1. The van der Waals surface area contributed by atoms with Gasteiger partial charge in [-0.1, -0.05) is 12.1 Å². The van der Waals surface area contributed by atoms with Crippen LogP contribution in [-0.4, -0.2) is 41.4 Å². The highest BCUT2D eigenvalue weighted by atomic mass is 19.4. The fourth-order valence-electron chi connectivity index (χ4n) is 3.26. The Morgan fingerprint density at radius 3 is 2.34 bits per heavy atom. The zero-order chi connectivity index (χ0) is 23.6. The second-order valence-corrected chi connectivity index (χ2v) is 8.69. The molecule has 11 heteroatoms. The van der Waals surface area contributed by atoms with E-state index in [1.807, 2.05) is 0 Å². The summed E-state index contributed by atoms with van der Waals surface area (Å²) in [5, 5.41) is 4.14. The molecular weight excluding hydrogens is 431 g/mol. The van der Waals surface area contributed by atoms with Crippen LogP contribution in [0, 0.1) is 0 Å². The molecule has 0 radical (unpaired) electrons. The number of nitrogens with zero attached hydrogens (tertiary/aromatic N) is 1. The van der Waals surface area contributed by atoms with Gasteiger partial charge in [0.1, 0.15) is 16.9 Å². The quantitative estimate of drug-likeness (QED) is 0.670. The molecule has 2 N–H and O–H groups in total. The second-order valence-electron chi connectivity index (χ2n) is 8.69. The van der Waals surface area contributed by atoms with Crippen molar-refractivity contribution >= 4 is 12.1 Å². The van der Waals surface area contributed by atoms with E-state index in [9.17, 15) is 22.8 Å². The van der Waals surface area contributed by atoms with Gasteiger partial charge in [-0.15, -0.1) is 5.06 Å². The molecule has 0 aromatic heterocycles. The van der Waals surface area contributed by atoms with E-state index in [2.05, 4.69) is 10.8 Å². The van der Waals surface area contributed by atoms with Crippen LogP contribution in [0.15, 0.2) is 36.0 Å². The minimum absolute atomic E-state index is 0.0699. The van der Waals surface area contributed by atoms with Gasteiger partial charge in [0.15, 0.2) is 0 Å². The first-order valence-corrected chi connectivity index (χ1v) is 10.1. The number of nitrogens with one attached hydrogen (secondary N) is 2. The molecule has 32 heavy (non-hydrogen) atoms. The first-order valence-electron chi connectivity index (χ1n) is 10.1. The van der Waals surface area contributed by atoms with Crippen molar-refractivity contribution in [2.24, 2.45) is 0 Å². The van der Waals surface area contributed by atoms with Gasteiger partial charge in [-0.25, -0.2) is 4.79 Å². The molecule has 1 aromatic rings. The van der Waals surface area contributed by atoms with E-state index < -0.39 is 35.0 Å². The van der Waals surface area contributed by atoms with Gasteiger partial charge in [0, 0.05) is 19.6 Å². The van der Waals surface area contributed by atoms with Crippen LogP contribution in [0.2, 0.25) is 0 Å². The van der Waals surface area contributed by atoms with E-state index in [0.717, 1.165) is 12.1 Å². The van der Waals surface area contributed by atoms with Gasteiger partial charge in [0.2, 0.25) is 0 Å². The van der Waals surface area contributed by atoms with Crippen LogP contribution in [0.1, 0.15) is 44.7 Å². The lowest BCUT2D eigenvalue weighted by Gasteiger charge is -2.35. The highest BCUT2D eigenvalue weighted by molar-refractivity contribution is 5.93. The Labute approximate surface area is 183 Å². The molecule has 1 amide bonds. The Hall–Kier alpha value is -2.79. The number of ether oxygens (including phenoxy) is 1. The van der Waals surface area contributed by atoms with Crippen molar-refractivity contribution in [1.29, 1.82) is 0 Å². The summed E-state index contributed by atoms with van der Waals surface area (Å²) >= 11 is 0. The normalized spacial score (nSPS) is 18.6. The third-order valence-electron chi connectivity index (χ3n) is 4.91. The van der Waals surface area contributed by atoms with Gasteiger partial charge in [-0.2, -0.15) is 13.2 Å². The maximum absolute atomic E-state index is 12.6. The highest BCUT2D eigenvalue weighted by Gasteiger charge is 2.41. The van der Waals surface area contributed by atoms with E-state index in [1.54, 1.807) is 26.8 Å². The van der Waals surface area contributed by atoms with Gasteiger partial charge in [0.25, 0.3) is 5.91 Å². The molecule has 1 saturated heterocycles. The zero-order valence-electron chi connectivity index (χ0n) is 18.0. The first kappa shape index (κ1) is 23.9. The van der Waals surface area contributed by atoms with Crippen LogP contribution in [0.4, 0.5) is 18.0 Å². The Bertz CT molecular complexity index is 870. The summed E-state index contributed by atoms with van der Waals surface area (Å²) in [6, 6.07) is 4.58. The van der Waals surface area contributed by atoms with Crippen LogP contribution in [-0.2, 0) is 31.9 Å². The number of carbonyl (C=O) groups excluding carboxylic acids is 2. The van der Waals surface area contributed by atoms with Crippen molar-refractivity contribution < 1.29 is 37.2 Å². The van der Waals surface area contributed by atoms with Crippen molar-refractivity contribution in [1.82, 2.24) is 15.9 Å². The molecule has 0 aliphatic carbocycles. The van der Waals surface area contributed by atoms with Crippen molar-refractivity contribution in [3.8, 4) is 0 Å². The van der Waals surface area contributed by atoms with Gasteiger partial charge in [-0.3, -0.25) is 15.1 Å². The number of hydroxylamine groups is 3. The third-order valence-corrected chi connectivity index (χ3v) is 4.91. The second kappa shape index (κ2) is 8.99. The van der Waals surface area contributed by atoms with E-state index in [0.29, 0.717) is 31.5 Å². The minimum atomic E-state index is -4.40. The van der Waals surface area contributed by atoms with E-state index in [4.69, 9.17) is 14.4 Å². The van der Waals surface area contributed by atoms with Crippen molar-refractivity contribution in [3.63, 3.8) is 0 Å². The molecule has 8 nitrogen and oxygen atoms in total. The molecule has 1 aromatic carbocycles. The van der Waals surface area contributed by atoms with E-state index >= 15 is 0 Å². The average Bonchev–Trinajstić information content (AvgIpc) is 3.10. The largest absolute Gasteiger partial charge is 0.528 e. The number of rotatable bonds is 4. The van der Waals surface area contributed by atoms with Gasteiger partial charge >= 0.3 is 12.3 Å². The molecule has 3 rings (SSSR count). The van der Waals surface area contributed by atoms with Crippen LogP contribution in [0.5, 0.6) is 0 Å². The summed E-state index contributed by atoms with van der Waals surface area (Å²) in [4.78, 5) is 35.0. The fraction of sp³-hybridized carbons (Fsp3) is 0.524. The molecule has 0 atom stereocenters. The first-order chi connectivity index (χ1) is 14.9. The SMILES string of the molecule is CC(C)(C)OC(=O)ON1CCC2(C=C(C(=O)NCc3ccc(C(F)(F)F)cc3)NO2)CC1. The van der Waals surface area contributed by atoms with E-state index in [1.165, 1.54) is 17.2 Å². The molecule has 2 aliphatic heterocycles. The minimum Gasteiger partial charge on any atom is -0.427 e. The maximum atomic E-state index is 12.6. The number of hydrogen-bond donors (Lipinski definition) is 2. The molecular formula is C21H26F3N3O5. The Balaban J connectivity index is 1.48. The summed E-state index contributed by atoms with van der Waals surface area (Å²) in [6.07, 6.45) is -2.56. The van der Waals surface area contributed by atoms with Crippen LogP contribution >= 0.6 is 0 Å². The number of hydrogen-bond acceptors (Lipinski definition) is 7. The van der Waals surface area contributed by atoms with Crippen molar-refractivity contribution in [3.05, 3.63) is 47.2 Å². The highest BCUT2D eigenvalue weighted by Crippen LogP contribution is 2.32. The molecule has 0 unspecified atom stereocenters. The summed E-state index contributed by atoms with van der Waals surface area (Å²) in [5.74, 6) is -0.436. The lowest BCUT2D eigenvalue weighted by molar-refractivity contribution is -0.179. The topological polar surface area (TPSA) is 89.1 Å². The predicted octanol–water partition coefficient (Wildman–Crippen LogP) is 3.44. The van der Waals surface area contributed by atoms with Gasteiger partial charge < -0.3 is 14.9 Å². The molecule has 0 bridgehead atoms. The van der Waals surface area contributed by atoms with Crippen molar-refractivity contribution in [2.45, 2.75) is 57.5 Å². The fourth-order valence-corrected chi connectivity index (χ4v) is 3.26. The number of piperidine rings is 1. The number of carbonyl (C=O) groups is 2. The smallest absolute Gasteiger partial charge is 0.427 e. The van der Waals surface area contributed by atoms with Crippen LogP contribution in [0.25, 0.3) is 0 Å². The van der Waals surface area contributed by atoms with Gasteiger partial charge in [0.05, 0.1) is 5.56 Å². The summed E-state index contributed by atoms with van der Waals surface area (Å²) in [6.45, 7) is 6.07. The Morgan fingerprint density at radius 2 is 1.78 bits per heavy atom. The standard InChI is InChI=1S/C21H26F3N3O5/c1-19(2,3)30-18(29)31-27-10-8-20(9-11-27)12-16(26-32-20)17(28)25-13-14-4-6-15(7-5-14)21(22,23)24/h4-7,12,26H,8-11,13H2,1-3H3,(H,25,28). The average molecular weight is 457 g/mol. The Kier molecular flexibility index (Phi) is 6.70. The lowest BCUT2D eigenvalue weighted by Crippen LogP contribution is -2.45. The van der Waals surface area contributed by atoms with Gasteiger partial charge in [-0.05, 0) is 57.4 Å². The zero-order valence-corrected chi connectivity index (χ0v) is 18.0. The number of halogens is 3. The lowest BCUT2D eigenvalue weighted by atomic mass is 9.92. The molecule has 1 spiro atoms. The van der Waals surface area contributed by atoms with Crippen LogP contribution in [0.3, 0.4) is 0 Å². The summed E-state index contributed by atoms with van der Waals surface area (Å²) < 4.78 is 43.0. The summed E-state index contributed by atoms with van der Waals surface area (Å²) in [5.41, 5.74) is 1.26. The molecule has 0 saturated carbocycles. The molecule has 1 fully saturated rings. The molecule has 176 valence electrons.